The van der Waals surface area contributed by atoms with Gasteiger partial charge in [-0.05, 0) is 57.0 Å². The molecule has 0 bridgehead atoms. The van der Waals surface area contributed by atoms with Gasteiger partial charge in [-0.1, -0.05) is 23.8 Å². The maximum absolute atomic E-state index is 13.5. The predicted octanol–water partition coefficient (Wildman–Crippen LogP) is 4.23. The number of nitrogens with one attached hydrogen (secondary N) is 2. The van der Waals surface area contributed by atoms with Crippen LogP contribution in [0.15, 0.2) is 54.0 Å². The molecule has 166 valence electrons. The summed E-state index contributed by atoms with van der Waals surface area (Å²) < 4.78 is 12.9. The molecule has 0 radical (unpaired) electrons. The van der Waals surface area contributed by atoms with E-state index in [-0.39, 0.29) is 5.91 Å². The minimum atomic E-state index is -0.482. The second-order valence-corrected chi connectivity index (χ2v) is 7.71. The lowest BCUT2D eigenvalue weighted by molar-refractivity contribution is -0.113. The second-order valence-electron chi connectivity index (χ2n) is 7.71. The average Bonchev–Trinajstić information content (AvgIpc) is 3.23. The Morgan fingerprint density at radius 1 is 1.16 bits per heavy atom. The lowest BCUT2D eigenvalue weighted by atomic mass is 9.94. The van der Waals surface area contributed by atoms with Gasteiger partial charge in [0.2, 0.25) is 5.95 Å². The van der Waals surface area contributed by atoms with Crippen LogP contribution in [0.2, 0.25) is 0 Å². The van der Waals surface area contributed by atoms with E-state index in [4.69, 9.17) is 9.47 Å². The Bertz CT molecular complexity index is 1200. The molecule has 1 aliphatic rings. The van der Waals surface area contributed by atoms with Gasteiger partial charge in [-0.3, -0.25) is 4.79 Å². The number of rotatable bonds is 6. The van der Waals surface area contributed by atoms with Crippen LogP contribution >= 0.6 is 0 Å². The number of anilines is 2. The SMILES string of the molecule is CCOc1cc([C@@H]2C(C(=O)Nc3ccc(C)cc3C)=C(C)Nc3ncnn32)ccc1OC. The molecule has 0 unspecified atom stereocenters. The summed E-state index contributed by atoms with van der Waals surface area (Å²) in [6.07, 6.45) is 1.47. The summed E-state index contributed by atoms with van der Waals surface area (Å²) in [4.78, 5) is 17.8. The minimum absolute atomic E-state index is 0.207. The lowest BCUT2D eigenvalue weighted by Crippen LogP contribution is -2.31. The van der Waals surface area contributed by atoms with E-state index in [1.807, 2.05) is 64.1 Å². The standard InChI is InChI=1S/C24H27N5O3/c1-6-32-20-12-17(8-10-19(20)31-5)22-21(16(4)27-24-25-13-26-29(22)24)23(30)28-18-9-7-14(2)11-15(18)3/h7-13,22H,6H2,1-5H3,(H,28,30)(H,25,26,27)/t22-/m1/s1. The number of fused-ring (bicyclic) bond motifs is 1. The number of amides is 1. The summed E-state index contributed by atoms with van der Waals surface area (Å²) in [6.45, 7) is 8.29. The number of aromatic nitrogens is 3. The van der Waals surface area contributed by atoms with Gasteiger partial charge < -0.3 is 20.1 Å². The van der Waals surface area contributed by atoms with Crippen molar-refractivity contribution in [2.75, 3.05) is 24.4 Å². The number of nitrogens with zero attached hydrogens (tertiary/aromatic N) is 3. The lowest BCUT2D eigenvalue weighted by Gasteiger charge is -2.29. The van der Waals surface area contributed by atoms with Gasteiger partial charge in [0, 0.05) is 11.4 Å². The highest BCUT2D eigenvalue weighted by molar-refractivity contribution is 6.06. The number of hydrogen-bond acceptors (Lipinski definition) is 6. The van der Waals surface area contributed by atoms with Gasteiger partial charge in [-0.25, -0.2) is 4.68 Å². The zero-order chi connectivity index (χ0) is 22.8. The van der Waals surface area contributed by atoms with Gasteiger partial charge >= 0.3 is 0 Å². The second kappa shape index (κ2) is 8.74. The molecule has 0 saturated carbocycles. The van der Waals surface area contributed by atoms with Crippen molar-refractivity contribution in [2.45, 2.75) is 33.7 Å². The molecule has 32 heavy (non-hydrogen) atoms. The van der Waals surface area contributed by atoms with Crippen LogP contribution in [0.4, 0.5) is 11.6 Å². The number of allylic oxidation sites excluding steroid dienone is 1. The van der Waals surface area contributed by atoms with E-state index in [1.54, 1.807) is 11.8 Å². The maximum atomic E-state index is 13.5. The number of carbonyl (C=O) groups excluding carboxylic acids is 1. The molecule has 2 heterocycles. The third kappa shape index (κ3) is 3.91. The highest BCUT2D eigenvalue weighted by Gasteiger charge is 2.34. The number of carbonyl (C=O) groups is 1. The molecule has 1 aromatic heterocycles. The van der Waals surface area contributed by atoms with Gasteiger partial charge in [-0.15, -0.1) is 0 Å². The molecule has 4 rings (SSSR count). The summed E-state index contributed by atoms with van der Waals surface area (Å²) in [7, 11) is 1.60. The molecule has 0 spiro atoms. The first-order valence-corrected chi connectivity index (χ1v) is 10.5. The van der Waals surface area contributed by atoms with E-state index < -0.39 is 6.04 Å². The monoisotopic (exact) mass is 433 g/mol. The summed E-state index contributed by atoms with van der Waals surface area (Å²) in [5.74, 6) is 1.61. The van der Waals surface area contributed by atoms with E-state index in [9.17, 15) is 4.79 Å². The molecular formula is C24H27N5O3. The van der Waals surface area contributed by atoms with Gasteiger partial charge in [0.25, 0.3) is 5.91 Å². The van der Waals surface area contributed by atoms with Crippen LogP contribution in [0, 0.1) is 13.8 Å². The minimum Gasteiger partial charge on any atom is -0.493 e. The Hall–Kier alpha value is -3.81. The normalized spacial score (nSPS) is 15.1. The van der Waals surface area contributed by atoms with Crippen LogP contribution in [-0.4, -0.2) is 34.4 Å². The Kier molecular flexibility index (Phi) is 5.85. The van der Waals surface area contributed by atoms with E-state index >= 15 is 0 Å². The van der Waals surface area contributed by atoms with E-state index in [2.05, 4.69) is 20.7 Å². The van der Waals surface area contributed by atoms with Crippen LogP contribution in [-0.2, 0) is 4.79 Å². The zero-order valence-corrected chi connectivity index (χ0v) is 18.9. The number of aryl methyl sites for hydroxylation is 2. The fraction of sp³-hybridized carbons (Fsp3) is 0.292. The first-order chi connectivity index (χ1) is 15.4. The van der Waals surface area contributed by atoms with Crippen LogP contribution in [0.25, 0.3) is 0 Å². The molecule has 3 aromatic rings. The smallest absolute Gasteiger partial charge is 0.255 e. The van der Waals surface area contributed by atoms with Crippen molar-refractivity contribution in [3.8, 4) is 11.5 Å². The van der Waals surface area contributed by atoms with E-state index in [1.165, 1.54) is 6.33 Å². The van der Waals surface area contributed by atoms with Crippen molar-refractivity contribution < 1.29 is 14.3 Å². The zero-order valence-electron chi connectivity index (χ0n) is 18.9. The Morgan fingerprint density at radius 3 is 2.69 bits per heavy atom. The molecule has 1 aliphatic heterocycles. The van der Waals surface area contributed by atoms with Gasteiger partial charge in [0.1, 0.15) is 12.4 Å². The summed E-state index contributed by atoms with van der Waals surface area (Å²) in [6, 6.07) is 11.1. The van der Waals surface area contributed by atoms with Crippen molar-refractivity contribution in [1.82, 2.24) is 14.8 Å². The molecular weight excluding hydrogens is 406 g/mol. The van der Waals surface area contributed by atoms with Crippen LogP contribution in [0.1, 0.15) is 36.6 Å². The molecule has 2 aromatic carbocycles. The van der Waals surface area contributed by atoms with Crippen molar-refractivity contribution in [2.24, 2.45) is 0 Å². The molecule has 1 atom stereocenters. The maximum Gasteiger partial charge on any atom is 0.255 e. The molecule has 0 aliphatic carbocycles. The Morgan fingerprint density at radius 2 is 1.97 bits per heavy atom. The van der Waals surface area contributed by atoms with Gasteiger partial charge in [0.05, 0.1) is 19.3 Å². The van der Waals surface area contributed by atoms with Gasteiger partial charge in [-0.2, -0.15) is 10.1 Å². The van der Waals surface area contributed by atoms with Crippen LogP contribution in [0.5, 0.6) is 11.5 Å². The molecule has 1 amide bonds. The summed E-state index contributed by atoms with van der Waals surface area (Å²) >= 11 is 0. The fourth-order valence-electron chi connectivity index (χ4n) is 3.97. The van der Waals surface area contributed by atoms with Crippen LogP contribution < -0.4 is 20.1 Å². The van der Waals surface area contributed by atoms with Crippen molar-refractivity contribution in [3.63, 3.8) is 0 Å². The van der Waals surface area contributed by atoms with Crippen molar-refractivity contribution in [3.05, 3.63) is 70.7 Å². The average molecular weight is 434 g/mol. The highest BCUT2D eigenvalue weighted by Crippen LogP contribution is 2.39. The third-order valence-corrected chi connectivity index (χ3v) is 5.47. The number of hydrogen-bond donors (Lipinski definition) is 2. The summed E-state index contributed by atoms with van der Waals surface area (Å²) in [5.41, 5.74) is 5.02. The van der Waals surface area contributed by atoms with E-state index in [0.29, 0.717) is 35.3 Å². The molecule has 0 saturated heterocycles. The number of ether oxygens (including phenoxy) is 2. The molecule has 8 heteroatoms. The Balaban J connectivity index is 1.78. The topological polar surface area (TPSA) is 90.3 Å². The first-order valence-electron chi connectivity index (χ1n) is 10.5. The van der Waals surface area contributed by atoms with E-state index in [0.717, 1.165) is 22.4 Å². The molecule has 8 nitrogen and oxygen atoms in total. The first kappa shape index (κ1) is 21.4. The van der Waals surface area contributed by atoms with Gasteiger partial charge in [0.15, 0.2) is 11.5 Å². The quantitative estimate of drug-likeness (QED) is 0.605. The van der Waals surface area contributed by atoms with Crippen molar-refractivity contribution >= 4 is 17.5 Å². The fourth-order valence-corrected chi connectivity index (χ4v) is 3.97. The molecule has 2 N–H and O–H groups in total. The molecule has 0 fully saturated rings. The van der Waals surface area contributed by atoms with Crippen LogP contribution in [0.3, 0.4) is 0 Å². The number of benzene rings is 2. The third-order valence-electron chi connectivity index (χ3n) is 5.47. The summed E-state index contributed by atoms with van der Waals surface area (Å²) in [5, 5.41) is 10.7. The largest absolute Gasteiger partial charge is 0.493 e. The highest BCUT2D eigenvalue weighted by atomic mass is 16.5. The number of methoxy groups -OCH3 is 1. The predicted molar refractivity (Wildman–Crippen MR) is 123 cm³/mol. The Labute approximate surface area is 187 Å². The van der Waals surface area contributed by atoms with Crippen molar-refractivity contribution in [1.29, 1.82) is 0 Å².